The summed E-state index contributed by atoms with van der Waals surface area (Å²) in [7, 11) is 1.64. The monoisotopic (exact) mass is 339 g/mol. The van der Waals surface area contributed by atoms with Crippen LogP contribution in [0.3, 0.4) is 0 Å². The van der Waals surface area contributed by atoms with E-state index in [0.717, 1.165) is 10.0 Å². The van der Waals surface area contributed by atoms with Gasteiger partial charge in [0.2, 0.25) is 5.82 Å². The predicted octanol–water partition coefficient (Wildman–Crippen LogP) is 3.81. The van der Waals surface area contributed by atoms with E-state index in [-0.39, 0.29) is 11.5 Å². The minimum atomic E-state index is -0.229. The number of halogens is 1. The zero-order chi connectivity index (χ0) is 14.9. The molecule has 1 heterocycles. The molecule has 1 atom stereocenters. The summed E-state index contributed by atoms with van der Waals surface area (Å²) in [5.74, 6) is 0.974. The molecule has 0 bridgehead atoms. The number of nitrogens with two attached hydrogens (primary N) is 1. The molecular formula is C14H18BrN3O2. The highest BCUT2D eigenvalue weighted by molar-refractivity contribution is 9.10. The van der Waals surface area contributed by atoms with Gasteiger partial charge in [-0.25, -0.2) is 0 Å². The number of hydrogen-bond donors (Lipinski definition) is 1. The predicted molar refractivity (Wildman–Crippen MR) is 81.1 cm³/mol. The molecule has 0 amide bonds. The molecule has 6 heteroatoms. The maximum absolute atomic E-state index is 5.86. The summed E-state index contributed by atoms with van der Waals surface area (Å²) >= 11 is 3.36. The Labute approximate surface area is 126 Å². The minimum absolute atomic E-state index is 0.116. The second kappa shape index (κ2) is 5.54. The van der Waals surface area contributed by atoms with Gasteiger partial charge in [0.15, 0.2) is 0 Å². The topological polar surface area (TPSA) is 74.2 Å². The number of benzene rings is 1. The van der Waals surface area contributed by atoms with Gasteiger partial charge >= 0.3 is 0 Å². The second-order valence-electron chi connectivity index (χ2n) is 5.68. The lowest BCUT2D eigenvalue weighted by Gasteiger charge is -2.26. The Bertz CT molecular complexity index is 605. The zero-order valence-corrected chi connectivity index (χ0v) is 13.6. The lowest BCUT2D eigenvalue weighted by molar-refractivity contribution is 0.00718. The Morgan fingerprint density at radius 3 is 2.60 bits per heavy atom. The van der Waals surface area contributed by atoms with E-state index in [1.54, 1.807) is 13.2 Å². The van der Waals surface area contributed by atoms with Crippen LogP contribution in [0.25, 0.3) is 11.5 Å². The van der Waals surface area contributed by atoms with Crippen LogP contribution in [0, 0.1) is 5.41 Å². The highest BCUT2D eigenvalue weighted by atomic mass is 79.9. The van der Waals surface area contributed by atoms with E-state index < -0.39 is 0 Å². The zero-order valence-electron chi connectivity index (χ0n) is 12.0. The lowest BCUT2D eigenvalue weighted by Crippen LogP contribution is -2.21. The Balaban J connectivity index is 2.35. The molecule has 0 saturated carbocycles. The molecule has 1 unspecified atom stereocenters. The van der Waals surface area contributed by atoms with Gasteiger partial charge in [-0.3, -0.25) is 0 Å². The van der Waals surface area contributed by atoms with Gasteiger partial charge in [-0.05, 0) is 39.5 Å². The molecule has 0 aliphatic carbocycles. The molecule has 1 aromatic carbocycles. The number of aromatic nitrogens is 2. The number of anilines is 1. The van der Waals surface area contributed by atoms with Gasteiger partial charge in [-0.15, -0.1) is 0 Å². The van der Waals surface area contributed by atoms with Crippen molar-refractivity contribution < 1.29 is 9.26 Å². The molecule has 0 aliphatic heterocycles. The highest BCUT2D eigenvalue weighted by Gasteiger charge is 2.30. The van der Waals surface area contributed by atoms with Crippen LogP contribution in [0.1, 0.15) is 32.7 Å². The van der Waals surface area contributed by atoms with Crippen LogP contribution in [0.15, 0.2) is 27.2 Å². The third kappa shape index (κ3) is 3.02. The Hall–Kier alpha value is -1.40. The summed E-state index contributed by atoms with van der Waals surface area (Å²) in [6.07, 6.45) is -0.229. The number of hydrogen-bond acceptors (Lipinski definition) is 5. The molecule has 0 radical (unpaired) electrons. The molecule has 1 aromatic heterocycles. The van der Waals surface area contributed by atoms with Crippen LogP contribution in [-0.4, -0.2) is 17.3 Å². The summed E-state index contributed by atoms with van der Waals surface area (Å²) in [5.41, 5.74) is 7.15. The fourth-order valence-corrected chi connectivity index (χ4v) is 2.23. The van der Waals surface area contributed by atoms with Gasteiger partial charge in [-0.2, -0.15) is 4.98 Å². The van der Waals surface area contributed by atoms with Crippen molar-refractivity contribution in [3.63, 3.8) is 0 Å². The normalized spacial score (nSPS) is 13.4. The molecule has 0 spiro atoms. The quantitative estimate of drug-likeness (QED) is 0.860. The van der Waals surface area contributed by atoms with Crippen molar-refractivity contribution in [2.75, 3.05) is 12.8 Å². The molecule has 108 valence electrons. The number of nitrogens with zero attached hydrogens (tertiary/aromatic N) is 2. The second-order valence-corrected chi connectivity index (χ2v) is 6.53. The summed E-state index contributed by atoms with van der Waals surface area (Å²) in [6.45, 7) is 6.19. The van der Waals surface area contributed by atoms with Gasteiger partial charge < -0.3 is 15.0 Å². The van der Waals surface area contributed by atoms with Crippen LogP contribution in [0.5, 0.6) is 0 Å². The number of rotatable bonds is 3. The molecule has 2 aromatic rings. The van der Waals surface area contributed by atoms with E-state index in [9.17, 15) is 0 Å². The molecule has 5 nitrogen and oxygen atoms in total. The minimum Gasteiger partial charge on any atom is -0.398 e. The maximum Gasteiger partial charge on any atom is 0.258 e. The standard InChI is InChI=1S/C14H18BrN3O2/c1-14(2,3)11(19-4)12-17-13(20-18-12)8-5-6-9(15)10(16)7-8/h5-7,11H,16H2,1-4H3. The first-order chi connectivity index (χ1) is 9.32. The third-order valence-electron chi connectivity index (χ3n) is 2.94. The van der Waals surface area contributed by atoms with E-state index in [2.05, 4.69) is 46.8 Å². The molecule has 20 heavy (non-hydrogen) atoms. The van der Waals surface area contributed by atoms with Crippen molar-refractivity contribution in [2.45, 2.75) is 26.9 Å². The van der Waals surface area contributed by atoms with Crippen LogP contribution < -0.4 is 5.73 Å². The molecular weight excluding hydrogens is 322 g/mol. The molecule has 2 rings (SSSR count). The van der Waals surface area contributed by atoms with Crippen molar-refractivity contribution in [1.82, 2.24) is 10.1 Å². The summed E-state index contributed by atoms with van der Waals surface area (Å²) in [4.78, 5) is 4.42. The van der Waals surface area contributed by atoms with Crippen LogP contribution in [0.4, 0.5) is 5.69 Å². The molecule has 0 aliphatic rings. The van der Waals surface area contributed by atoms with Crippen molar-refractivity contribution >= 4 is 21.6 Å². The Morgan fingerprint density at radius 2 is 2.05 bits per heavy atom. The van der Waals surface area contributed by atoms with E-state index >= 15 is 0 Å². The van der Waals surface area contributed by atoms with Gasteiger partial charge in [0.25, 0.3) is 5.89 Å². The number of methoxy groups -OCH3 is 1. The van der Waals surface area contributed by atoms with Gasteiger partial charge in [0.05, 0.1) is 0 Å². The maximum atomic E-state index is 5.86. The van der Waals surface area contributed by atoms with Gasteiger partial charge in [0.1, 0.15) is 6.10 Å². The highest BCUT2D eigenvalue weighted by Crippen LogP contribution is 2.35. The average molecular weight is 340 g/mol. The molecule has 0 saturated heterocycles. The first-order valence-electron chi connectivity index (χ1n) is 6.24. The Morgan fingerprint density at radius 1 is 1.35 bits per heavy atom. The van der Waals surface area contributed by atoms with Gasteiger partial charge in [-0.1, -0.05) is 25.9 Å². The van der Waals surface area contributed by atoms with E-state index in [0.29, 0.717) is 17.4 Å². The Kier molecular flexibility index (Phi) is 4.15. The van der Waals surface area contributed by atoms with Crippen molar-refractivity contribution in [2.24, 2.45) is 5.41 Å². The van der Waals surface area contributed by atoms with E-state index in [1.807, 2.05) is 12.1 Å². The smallest absolute Gasteiger partial charge is 0.258 e. The fraction of sp³-hybridized carbons (Fsp3) is 0.429. The first-order valence-corrected chi connectivity index (χ1v) is 7.04. The van der Waals surface area contributed by atoms with Crippen molar-refractivity contribution in [3.8, 4) is 11.5 Å². The van der Waals surface area contributed by atoms with E-state index in [1.165, 1.54) is 0 Å². The molecule has 2 N–H and O–H groups in total. The van der Waals surface area contributed by atoms with Crippen LogP contribution in [-0.2, 0) is 4.74 Å². The summed E-state index contributed by atoms with van der Waals surface area (Å²) in [6, 6.07) is 5.52. The van der Waals surface area contributed by atoms with Crippen molar-refractivity contribution in [3.05, 3.63) is 28.5 Å². The SMILES string of the molecule is COC(c1noc(-c2ccc(Br)c(N)c2)n1)C(C)(C)C. The largest absolute Gasteiger partial charge is 0.398 e. The number of ether oxygens (including phenoxy) is 1. The summed E-state index contributed by atoms with van der Waals surface area (Å²) in [5, 5.41) is 4.02. The van der Waals surface area contributed by atoms with Crippen LogP contribution in [0.2, 0.25) is 0 Å². The first kappa shape index (κ1) is 15.0. The van der Waals surface area contributed by atoms with Gasteiger partial charge in [0, 0.05) is 22.8 Å². The van der Waals surface area contributed by atoms with Crippen LogP contribution >= 0.6 is 15.9 Å². The average Bonchev–Trinajstić information content (AvgIpc) is 2.81. The fourth-order valence-electron chi connectivity index (χ4n) is 1.98. The lowest BCUT2D eigenvalue weighted by atomic mass is 9.88. The third-order valence-corrected chi connectivity index (χ3v) is 3.66. The summed E-state index contributed by atoms with van der Waals surface area (Å²) < 4.78 is 11.6. The van der Waals surface area contributed by atoms with Crippen molar-refractivity contribution in [1.29, 1.82) is 0 Å². The number of nitrogen functional groups attached to an aromatic ring is 1. The molecule has 0 fully saturated rings. The van der Waals surface area contributed by atoms with E-state index in [4.69, 9.17) is 15.0 Å².